The predicted molar refractivity (Wildman–Crippen MR) is 121 cm³/mol. The Morgan fingerprint density at radius 2 is 1.53 bits per heavy atom. The first-order chi connectivity index (χ1) is 15.7. The van der Waals surface area contributed by atoms with E-state index in [2.05, 4.69) is 25.5 Å². The summed E-state index contributed by atoms with van der Waals surface area (Å²) in [6, 6.07) is 22.7. The molecule has 0 spiro atoms. The summed E-state index contributed by atoms with van der Waals surface area (Å²) < 4.78 is 16.4. The lowest BCUT2D eigenvalue weighted by Gasteiger charge is -2.10. The van der Waals surface area contributed by atoms with Crippen LogP contribution < -0.4 is 14.8 Å². The molecule has 2 aromatic heterocycles. The molecule has 8 nitrogen and oxygen atoms in total. The third-order valence-corrected chi connectivity index (χ3v) is 4.89. The van der Waals surface area contributed by atoms with Crippen molar-refractivity contribution in [3.63, 3.8) is 0 Å². The maximum Gasteiger partial charge on any atom is 0.286 e. The zero-order valence-corrected chi connectivity index (χ0v) is 17.4. The van der Waals surface area contributed by atoms with Gasteiger partial charge in [0.2, 0.25) is 11.7 Å². The van der Waals surface area contributed by atoms with Crippen LogP contribution in [0.4, 0.5) is 11.5 Å². The SMILES string of the molecule is COc1ccc(-c2nnc(-c3nc(Nc4cccc(OC)c4)c4ccccc4n3)o2)cc1. The van der Waals surface area contributed by atoms with Gasteiger partial charge in [-0.1, -0.05) is 18.2 Å². The molecule has 0 unspecified atom stereocenters. The molecule has 0 radical (unpaired) electrons. The number of anilines is 2. The molecule has 32 heavy (non-hydrogen) atoms. The Labute approximate surface area is 183 Å². The molecule has 0 saturated carbocycles. The van der Waals surface area contributed by atoms with Gasteiger partial charge in [-0.2, -0.15) is 0 Å². The molecule has 0 amide bonds. The van der Waals surface area contributed by atoms with E-state index in [1.807, 2.05) is 72.8 Å². The molecule has 158 valence electrons. The number of nitrogens with one attached hydrogen (secondary N) is 1. The minimum atomic E-state index is 0.232. The van der Waals surface area contributed by atoms with E-state index in [9.17, 15) is 0 Å². The number of para-hydroxylation sites is 1. The molecular formula is C24H19N5O3. The average Bonchev–Trinajstić information content (AvgIpc) is 3.34. The van der Waals surface area contributed by atoms with Crippen molar-refractivity contribution in [3.8, 4) is 34.7 Å². The Kier molecular flexibility index (Phi) is 5.09. The monoisotopic (exact) mass is 425 g/mol. The van der Waals surface area contributed by atoms with Crippen LogP contribution in [0.15, 0.2) is 77.2 Å². The smallest absolute Gasteiger partial charge is 0.286 e. The summed E-state index contributed by atoms with van der Waals surface area (Å²) in [5.74, 6) is 3.07. The van der Waals surface area contributed by atoms with E-state index in [1.54, 1.807) is 14.2 Å². The second-order valence-electron chi connectivity index (χ2n) is 6.91. The largest absolute Gasteiger partial charge is 0.497 e. The zero-order valence-electron chi connectivity index (χ0n) is 17.4. The first-order valence-corrected chi connectivity index (χ1v) is 9.89. The third kappa shape index (κ3) is 3.81. The van der Waals surface area contributed by atoms with Crippen LogP contribution in [-0.4, -0.2) is 34.4 Å². The van der Waals surface area contributed by atoms with Crippen LogP contribution in [0.5, 0.6) is 11.5 Å². The highest BCUT2D eigenvalue weighted by molar-refractivity contribution is 5.92. The van der Waals surface area contributed by atoms with Gasteiger partial charge in [-0.15, -0.1) is 10.2 Å². The zero-order chi connectivity index (χ0) is 21.9. The molecule has 8 heteroatoms. The van der Waals surface area contributed by atoms with E-state index < -0.39 is 0 Å². The van der Waals surface area contributed by atoms with E-state index in [1.165, 1.54) is 0 Å². The van der Waals surface area contributed by atoms with Crippen LogP contribution in [0.25, 0.3) is 34.1 Å². The number of aromatic nitrogens is 4. The van der Waals surface area contributed by atoms with Gasteiger partial charge in [-0.25, -0.2) is 9.97 Å². The number of ether oxygens (including phenoxy) is 2. The minimum absolute atomic E-state index is 0.232. The topological polar surface area (TPSA) is 95.2 Å². The molecule has 0 atom stereocenters. The van der Waals surface area contributed by atoms with E-state index in [0.717, 1.165) is 33.7 Å². The molecule has 0 saturated heterocycles. The minimum Gasteiger partial charge on any atom is -0.497 e. The molecule has 5 aromatic rings. The molecule has 0 aliphatic heterocycles. The molecule has 0 fully saturated rings. The molecule has 0 aliphatic rings. The van der Waals surface area contributed by atoms with Crippen molar-refractivity contribution in [1.29, 1.82) is 0 Å². The summed E-state index contributed by atoms with van der Waals surface area (Å²) in [5, 5.41) is 12.5. The Hall–Kier alpha value is -4.46. The number of rotatable bonds is 6. The number of hydrogen-bond acceptors (Lipinski definition) is 8. The van der Waals surface area contributed by atoms with Crippen LogP contribution >= 0.6 is 0 Å². The summed E-state index contributed by atoms with van der Waals surface area (Å²) in [6.07, 6.45) is 0. The Balaban J connectivity index is 1.54. The van der Waals surface area contributed by atoms with Crippen molar-refractivity contribution in [1.82, 2.24) is 20.2 Å². The van der Waals surface area contributed by atoms with Crippen LogP contribution in [-0.2, 0) is 0 Å². The number of benzene rings is 3. The second kappa shape index (κ2) is 8.35. The van der Waals surface area contributed by atoms with Gasteiger partial charge >= 0.3 is 0 Å². The van der Waals surface area contributed by atoms with Crippen molar-refractivity contribution in [2.24, 2.45) is 0 Å². The van der Waals surface area contributed by atoms with Gasteiger partial charge in [0, 0.05) is 22.7 Å². The van der Waals surface area contributed by atoms with Crippen molar-refractivity contribution >= 4 is 22.4 Å². The molecule has 2 heterocycles. The standard InChI is InChI=1S/C24H19N5O3/c1-30-17-12-10-15(11-13-17)23-28-29-24(32-23)22-26-20-9-4-3-8-19(20)21(27-22)25-16-6-5-7-18(14-16)31-2/h3-14H,1-2H3,(H,25,26,27). The maximum absolute atomic E-state index is 5.88. The summed E-state index contributed by atoms with van der Waals surface area (Å²) in [5.41, 5.74) is 2.37. The Bertz CT molecular complexity index is 1380. The Morgan fingerprint density at radius 3 is 2.34 bits per heavy atom. The fraction of sp³-hybridized carbons (Fsp3) is 0.0833. The average molecular weight is 425 g/mol. The fourth-order valence-corrected chi connectivity index (χ4v) is 3.27. The van der Waals surface area contributed by atoms with Crippen molar-refractivity contribution in [2.75, 3.05) is 19.5 Å². The van der Waals surface area contributed by atoms with Gasteiger partial charge in [0.25, 0.3) is 5.89 Å². The highest BCUT2D eigenvalue weighted by Crippen LogP contribution is 2.29. The third-order valence-electron chi connectivity index (χ3n) is 4.89. The first-order valence-electron chi connectivity index (χ1n) is 9.89. The number of fused-ring (bicyclic) bond motifs is 1. The summed E-state index contributed by atoms with van der Waals surface area (Å²) >= 11 is 0. The lowest BCUT2D eigenvalue weighted by Crippen LogP contribution is -1.99. The predicted octanol–water partition coefficient (Wildman–Crippen LogP) is 5.11. The van der Waals surface area contributed by atoms with Gasteiger partial charge in [0.1, 0.15) is 17.3 Å². The second-order valence-corrected chi connectivity index (χ2v) is 6.91. The van der Waals surface area contributed by atoms with Crippen LogP contribution in [0, 0.1) is 0 Å². The summed E-state index contributed by atoms with van der Waals surface area (Å²) in [7, 11) is 3.25. The highest BCUT2D eigenvalue weighted by atomic mass is 16.5. The summed E-state index contributed by atoms with van der Waals surface area (Å²) in [6.45, 7) is 0. The van der Waals surface area contributed by atoms with Gasteiger partial charge in [0.15, 0.2) is 0 Å². The lowest BCUT2D eigenvalue weighted by atomic mass is 10.2. The van der Waals surface area contributed by atoms with Crippen LogP contribution in [0.3, 0.4) is 0 Å². The Morgan fingerprint density at radius 1 is 0.750 bits per heavy atom. The van der Waals surface area contributed by atoms with Crippen LogP contribution in [0.2, 0.25) is 0 Å². The van der Waals surface area contributed by atoms with Gasteiger partial charge in [-0.3, -0.25) is 0 Å². The molecule has 1 N–H and O–H groups in total. The molecule has 3 aromatic carbocycles. The van der Waals surface area contributed by atoms with Gasteiger partial charge in [-0.05, 0) is 48.5 Å². The number of nitrogens with zero attached hydrogens (tertiary/aromatic N) is 4. The van der Waals surface area contributed by atoms with Gasteiger partial charge in [0.05, 0.1) is 19.7 Å². The van der Waals surface area contributed by atoms with Crippen molar-refractivity contribution < 1.29 is 13.9 Å². The van der Waals surface area contributed by atoms with Crippen molar-refractivity contribution in [2.45, 2.75) is 0 Å². The van der Waals surface area contributed by atoms with Gasteiger partial charge < -0.3 is 19.2 Å². The first kappa shape index (κ1) is 19.5. The molecule has 5 rings (SSSR count). The number of hydrogen-bond donors (Lipinski definition) is 1. The van der Waals surface area contributed by atoms with Crippen molar-refractivity contribution in [3.05, 3.63) is 72.8 Å². The normalized spacial score (nSPS) is 10.8. The van der Waals surface area contributed by atoms with E-state index in [4.69, 9.17) is 13.9 Å². The summed E-state index contributed by atoms with van der Waals surface area (Å²) in [4.78, 5) is 9.30. The van der Waals surface area contributed by atoms with E-state index in [0.29, 0.717) is 17.5 Å². The quantitative estimate of drug-likeness (QED) is 0.401. The lowest BCUT2D eigenvalue weighted by molar-refractivity contribution is 0.415. The highest BCUT2D eigenvalue weighted by Gasteiger charge is 2.16. The van der Waals surface area contributed by atoms with E-state index in [-0.39, 0.29) is 5.89 Å². The van der Waals surface area contributed by atoms with E-state index >= 15 is 0 Å². The number of methoxy groups -OCH3 is 2. The van der Waals surface area contributed by atoms with Crippen LogP contribution in [0.1, 0.15) is 0 Å². The molecular weight excluding hydrogens is 406 g/mol. The molecule has 0 aliphatic carbocycles. The maximum atomic E-state index is 5.88. The molecule has 0 bridgehead atoms. The fourth-order valence-electron chi connectivity index (χ4n) is 3.27.